The standard InChI is InChI=1S/C23H20O3/c1-2-17(8-9-18-6-4-3-5-7-18)16-26-22-13-12-19-14-21(23(24)25)11-10-20(19)15-22/h3-7,9-15H,2,16H2,1H3,(H,24,25). The molecule has 0 saturated heterocycles. The lowest BCUT2D eigenvalue weighted by Gasteiger charge is -2.08. The molecule has 0 aliphatic carbocycles. The van der Waals surface area contributed by atoms with Gasteiger partial charge in [-0.3, -0.25) is 0 Å². The molecule has 0 saturated carbocycles. The summed E-state index contributed by atoms with van der Waals surface area (Å²) >= 11 is 0. The first kappa shape index (κ1) is 17.5. The van der Waals surface area contributed by atoms with Crippen LogP contribution in [0.4, 0.5) is 0 Å². The second-order valence-electron chi connectivity index (χ2n) is 5.97. The molecule has 26 heavy (non-hydrogen) atoms. The average Bonchev–Trinajstić information content (AvgIpc) is 2.68. The highest BCUT2D eigenvalue weighted by atomic mass is 16.5. The lowest BCUT2D eigenvalue weighted by molar-refractivity contribution is 0.0697. The maximum atomic E-state index is 11.0. The number of aromatic carboxylic acids is 1. The van der Waals surface area contributed by atoms with Gasteiger partial charge in [0.15, 0.2) is 0 Å². The molecular formula is C23H20O3. The fourth-order valence-electron chi connectivity index (χ4n) is 2.60. The van der Waals surface area contributed by atoms with Crippen molar-refractivity contribution in [1.29, 1.82) is 0 Å². The molecule has 0 bridgehead atoms. The third-order valence-corrected chi connectivity index (χ3v) is 4.14. The number of carboxylic acids is 1. The smallest absolute Gasteiger partial charge is 0.335 e. The van der Waals surface area contributed by atoms with E-state index >= 15 is 0 Å². The van der Waals surface area contributed by atoms with E-state index in [1.54, 1.807) is 18.2 Å². The number of benzene rings is 3. The van der Waals surface area contributed by atoms with Crippen molar-refractivity contribution in [3.05, 3.63) is 89.2 Å². The molecule has 3 rings (SSSR count). The first-order valence-corrected chi connectivity index (χ1v) is 8.55. The van der Waals surface area contributed by atoms with Gasteiger partial charge in [0.25, 0.3) is 0 Å². The summed E-state index contributed by atoms with van der Waals surface area (Å²) in [7, 11) is 0. The molecule has 130 valence electrons. The summed E-state index contributed by atoms with van der Waals surface area (Å²) < 4.78 is 5.90. The van der Waals surface area contributed by atoms with Gasteiger partial charge in [-0.05, 0) is 53.1 Å². The van der Waals surface area contributed by atoms with Gasteiger partial charge in [-0.25, -0.2) is 4.79 Å². The van der Waals surface area contributed by atoms with Gasteiger partial charge in [0.1, 0.15) is 12.4 Å². The van der Waals surface area contributed by atoms with Crippen LogP contribution in [0.25, 0.3) is 16.8 Å². The molecule has 0 atom stereocenters. The first-order valence-electron chi connectivity index (χ1n) is 8.55. The number of carboxylic acid groups (broad SMARTS) is 1. The van der Waals surface area contributed by atoms with Gasteiger partial charge in [0, 0.05) is 5.57 Å². The van der Waals surface area contributed by atoms with Gasteiger partial charge >= 0.3 is 5.97 Å². The summed E-state index contributed by atoms with van der Waals surface area (Å²) in [6.45, 7) is 2.55. The van der Waals surface area contributed by atoms with Gasteiger partial charge < -0.3 is 9.84 Å². The lowest BCUT2D eigenvalue weighted by atomic mass is 10.1. The van der Waals surface area contributed by atoms with Gasteiger partial charge in [0.2, 0.25) is 0 Å². The van der Waals surface area contributed by atoms with Crippen LogP contribution in [-0.4, -0.2) is 17.7 Å². The predicted molar refractivity (Wildman–Crippen MR) is 105 cm³/mol. The molecular weight excluding hydrogens is 324 g/mol. The topological polar surface area (TPSA) is 46.5 Å². The van der Waals surface area contributed by atoms with Crippen LogP contribution in [0, 0.1) is 0 Å². The van der Waals surface area contributed by atoms with Crippen LogP contribution in [0.2, 0.25) is 0 Å². The van der Waals surface area contributed by atoms with Crippen molar-refractivity contribution < 1.29 is 14.6 Å². The van der Waals surface area contributed by atoms with Crippen LogP contribution in [0.3, 0.4) is 0 Å². The molecule has 3 aromatic carbocycles. The highest BCUT2D eigenvalue weighted by Gasteiger charge is 2.05. The van der Waals surface area contributed by atoms with Crippen LogP contribution in [0.15, 0.2) is 78.0 Å². The molecule has 3 aromatic rings. The number of hydrogen-bond donors (Lipinski definition) is 1. The van der Waals surface area contributed by atoms with Crippen molar-refractivity contribution in [3.63, 3.8) is 0 Å². The Labute approximate surface area is 152 Å². The largest absolute Gasteiger partial charge is 0.489 e. The van der Waals surface area contributed by atoms with Gasteiger partial charge in [-0.15, -0.1) is 5.73 Å². The second kappa shape index (κ2) is 8.19. The van der Waals surface area contributed by atoms with E-state index in [0.717, 1.165) is 34.1 Å². The van der Waals surface area contributed by atoms with Gasteiger partial charge in [0.05, 0.1) is 5.56 Å². The normalized spacial score (nSPS) is 10.2. The highest BCUT2D eigenvalue weighted by molar-refractivity contribution is 5.94. The Kier molecular flexibility index (Phi) is 5.52. The molecule has 0 amide bonds. The number of carbonyl (C=O) groups is 1. The Morgan fingerprint density at radius 2 is 1.77 bits per heavy atom. The Bertz CT molecular complexity index is 981. The molecule has 0 aromatic heterocycles. The Morgan fingerprint density at radius 1 is 1.04 bits per heavy atom. The molecule has 0 heterocycles. The van der Waals surface area contributed by atoms with E-state index in [0.29, 0.717) is 6.61 Å². The minimum absolute atomic E-state index is 0.286. The molecule has 0 unspecified atom stereocenters. The third-order valence-electron chi connectivity index (χ3n) is 4.14. The molecule has 0 aliphatic rings. The Morgan fingerprint density at radius 3 is 2.50 bits per heavy atom. The maximum Gasteiger partial charge on any atom is 0.335 e. The second-order valence-corrected chi connectivity index (χ2v) is 5.97. The van der Waals surface area contributed by atoms with Crippen molar-refractivity contribution >= 4 is 22.8 Å². The summed E-state index contributed by atoms with van der Waals surface area (Å²) in [5.41, 5.74) is 5.79. The lowest BCUT2D eigenvalue weighted by Crippen LogP contribution is -2.00. The third kappa shape index (κ3) is 4.41. The van der Waals surface area contributed by atoms with Crippen molar-refractivity contribution in [2.45, 2.75) is 13.3 Å². The number of hydrogen-bond acceptors (Lipinski definition) is 2. The first-order chi connectivity index (χ1) is 12.7. The van der Waals surface area contributed by atoms with Crippen LogP contribution >= 0.6 is 0 Å². The minimum Gasteiger partial charge on any atom is -0.489 e. The summed E-state index contributed by atoms with van der Waals surface area (Å²) in [6, 6.07) is 20.8. The monoisotopic (exact) mass is 344 g/mol. The summed E-state index contributed by atoms with van der Waals surface area (Å²) in [5, 5.41) is 10.9. The predicted octanol–water partition coefficient (Wildman–Crippen LogP) is 5.57. The number of ether oxygens (including phenoxy) is 1. The van der Waals surface area contributed by atoms with Crippen molar-refractivity contribution in [2.24, 2.45) is 0 Å². The molecule has 0 spiro atoms. The fraction of sp³-hybridized carbons (Fsp3) is 0.130. The van der Waals surface area contributed by atoms with Crippen molar-refractivity contribution in [1.82, 2.24) is 0 Å². The average molecular weight is 344 g/mol. The summed E-state index contributed by atoms with van der Waals surface area (Å²) in [6.07, 6.45) is 2.83. The Hall–Kier alpha value is -3.29. The van der Waals surface area contributed by atoms with E-state index in [9.17, 15) is 4.79 Å². The zero-order chi connectivity index (χ0) is 18.4. The van der Waals surface area contributed by atoms with Crippen molar-refractivity contribution in [3.8, 4) is 5.75 Å². The van der Waals surface area contributed by atoms with Crippen LogP contribution in [0.1, 0.15) is 29.3 Å². The fourth-order valence-corrected chi connectivity index (χ4v) is 2.60. The van der Waals surface area contributed by atoms with Crippen molar-refractivity contribution in [2.75, 3.05) is 6.61 Å². The molecule has 3 heteroatoms. The zero-order valence-electron chi connectivity index (χ0n) is 14.6. The number of fused-ring (bicyclic) bond motifs is 1. The van der Waals surface area contributed by atoms with Crippen LogP contribution < -0.4 is 4.74 Å². The van der Waals surface area contributed by atoms with Crippen LogP contribution in [-0.2, 0) is 0 Å². The van der Waals surface area contributed by atoms with E-state index in [1.807, 2.05) is 54.6 Å². The van der Waals surface area contributed by atoms with E-state index in [-0.39, 0.29) is 5.56 Å². The van der Waals surface area contributed by atoms with E-state index in [2.05, 4.69) is 12.7 Å². The summed E-state index contributed by atoms with van der Waals surface area (Å²) in [4.78, 5) is 11.0. The summed E-state index contributed by atoms with van der Waals surface area (Å²) in [5.74, 6) is -0.164. The molecule has 0 aliphatic heterocycles. The number of rotatable bonds is 6. The quantitative estimate of drug-likeness (QED) is 0.595. The maximum absolute atomic E-state index is 11.0. The zero-order valence-corrected chi connectivity index (χ0v) is 14.6. The minimum atomic E-state index is -0.921. The Balaban J connectivity index is 1.74. The van der Waals surface area contributed by atoms with Crippen LogP contribution in [0.5, 0.6) is 5.75 Å². The SMILES string of the molecule is CCC(=C=Cc1ccccc1)COc1ccc2cc(C(=O)O)ccc2c1. The van der Waals surface area contributed by atoms with E-state index in [4.69, 9.17) is 9.84 Å². The molecule has 0 fully saturated rings. The van der Waals surface area contributed by atoms with Gasteiger partial charge in [-0.1, -0.05) is 49.4 Å². The van der Waals surface area contributed by atoms with Gasteiger partial charge in [-0.2, -0.15) is 0 Å². The van der Waals surface area contributed by atoms with E-state index in [1.165, 1.54) is 0 Å². The molecule has 1 N–H and O–H groups in total. The molecule has 3 nitrogen and oxygen atoms in total. The molecule has 0 radical (unpaired) electrons. The van der Waals surface area contributed by atoms with E-state index < -0.39 is 5.97 Å². The highest BCUT2D eigenvalue weighted by Crippen LogP contribution is 2.22.